The van der Waals surface area contributed by atoms with Gasteiger partial charge in [0.15, 0.2) is 5.96 Å². The summed E-state index contributed by atoms with van der Waals surface area (Å²) in [5.41, 5.74) is 3.11. The van der Waals surface area contributed by atoms with Gasteiger partial charge in [-0.25, -0.2) is 13.6 Å². The van der Waals surface area contributed by atoms with Crippen LogP contribution in [-0.4, -0.2) is 39.1 Å². The third-order valence-electron chi connectivity index (χ3n) is 4.89. The second-order valence-corrected chi connectivity index (χ2v) is 10.0. The van der Waals surface area contributed by atoms with Crippen LogP contribution in [0.4, 0.5) is 0 Å². The molecular weight excluding hydrogens is 412 g/mol. The Kier molecular flexibility index (Phi) is 8.61. The van der Waals surface area contributed by atoms with Crippen molar-refractivity contribution in [2.75, 3.05) is 19.6 Å². The van der Waals surface area contributed by atoms with Crippen molar-refractivity contribution in [3.05, 3.63) is 65.2 Å². The highest BCUT2D eigenvalue weighted by molar-refractivity contribution is 7.89. The van der Waals surface area contributed by atoms with Crippen LogP contribution in [0.15, 0.2) is 58.4 Å². The molecule has 5 N–H and O–H groups in total. The third kappa shape index (κ3) is 7.97. The first-order chi connectivity index (χ1) is 14.5. The normalized spacial score (nSPS) is 13.7. The molecule has 1 atom stereocenters. The van der Waals surface area contributed by atoms with E-state index < -0.39 is 16.1 Å². The van der Waals surface area contributed by atoms with Crippen molar-refractivity contribution in [2.24, 2.45) is 10.1 Å². The molecule has 170 valence electrons. The summed E-state index contributed by atoms with van der Waals surface area (Å²) in [5, 5.41) is 22.0. The summed E-state index contributed by atoms with van der Waals surface area (Å²) >= 11 is 0. The standard InChI is InChI=1S/C23H34N4O3S/c1-5-25-22(26-15-14-17-6-12-20(13-7-17)31(24,29)30)27-16-21(28)18-8-10-19(11-9-18)23(2,3)4/h6-13,21,28H,5,14-16H2,1-4H3,(H2,24,29,30)(H2,25,26,27). The first kappa shape index (κ1) is 24.8. The summed E-state index contributed by atoms with van der Waals surface area (Å²) in [6.07, 6.45) is 0.00167. The van der Waals surface area contributed by atoms with Gasteiger partial charge in [0.2, 0.25) is 10.0 Å². The minimum atomic E-state index is -3.68. The predicted molar refractivity (Wildman–Crippen MR) is 126 cm³/mol. The highest BCUT2D eigenvalue weighted by Gasteiger charge is 2.14. The average molecular weight is 447 g/mol. The number of primary sulfonamides is 1. The first-order valence-electron chi connectivity index (χ1n) is 10.4. The Labute approximate surface area is 185 Å². The topological polar surface area (TPSA) is 117 Å². The lowest BCUT2D eigenvalue weighted by molar-refractivity contribution is 0.187. The Bertz CT molecular complexity index is 963. The molecule has 0 aromatic heterocycles. The van der Waals surface area contributed by atoms with E-state index in [1.807, 2.05) is 31.2 Å². The molecule has 0 saturated heterocycles. The summed E-state index contributed by atoms with van der Waals surface area (Å²) in [5.74, 6) is 0.619. The molecule has 1 unspecified atom stereocenters. The number of guanidine groups is 1. The van der Waals surface area contributed by atoms with Crippen molar-refractivity contribution in [3.8, 4) is 0 Å². The molecule has 0 aliphatic heterocycles. The lowest BCUT2D eigenvalue weighted by atomic mass is 9.86. The lowest BCUT2D eigenvalue weighted by Crippen LogP contribution is -2.38. The van der Waals surface area contributed by atoms with Gasteiger partial charge in [-0.15, -0.1) is 0 Å². The van der Waals surface area contributed by atoms with E-state index in [0.717, 1.165) is 11.1 Å². The van der Waals surface area contributed by atoms with Crippen LogP contribution in [0.2, 0.25) is 0 Å². The zero-order chi connectivity index (χ0) is 23.1. The summed E-state index contributed by atoms with van der Waals surface area (Å²) in [7, 11) is -3.68. The molecule has 2 aromatic carbocycles. The van der Waals surface area contributed by atoms with Gasteiger partial charge >= 0.3 is 0 Å². The maximum absolute atomic E-state index is 11.3. The molecule has 0 fully saturated rings. The van der Waals surface area contributed by atoms with Gasteiger partial charge in [-0.1, -0.05) is 57.2 Å². The Morgan fingerprint density at radius 1 is 1.06 bits per heavy atom. The van der Waals surface area contributed by atoms with Crippen LogP contribution in [0.5, 0.6) is 0 Å². The zero-order valence-corrected chi connectivity index (χ0v) is 19.5. The molecule has 2 aromatic rings. The van der Waals surface area contributed by atoms with Crippen molar-refractivity contribution in [1.82, 2.24) is 10.6 Å². The molecule has 0 aliphatic carbocycles. The van der Waals surface area contributed by atoms with Gasteiger partial charge in [-0.05, 0) is 47.6 Å². The van der Waals surface area contributed by atoms with Crippen LogP contribution in [0.25, 0.3) is 0 Å². The zero-order valence-electron chi connectivity index (χ0n) is 18.7. The Morgan fingerprint density at radius 3 is 2.19 bits per heavy atom. The number of rotatable bonds is 8. The SMILES string of the molecule is CCNC(=NCC(O)c1ccc(C(C)(C)C)cc1)NCCc1ccc(S(N)(=O)=O)cc1. The van der Waals surface area contributed by atoms with Crippen molar-refractivity contribution >= 4 is 16.0 Å². The van der Waals surface area contributed by atoms with E-state index in [2.05, 4.69) is 36.4 Å². The van der Waals surface area contributed by atoms with Crippen molar-refractivity contribution < 1.29 is 13.5 Å². The quantitative estimate of drug-likeness (QED) is 0.367. The van der Waals surface area contributed by atoms with E-state index >= 15 is 0 Å². The maximum atomic E-state index is 11.3. The molecule has 0 radical (unpaired) electrons. The molecule has 0 saturated carbocycles. The van der Waals surface area contributed by atoms with Gasteiger partial charge in [0.1, 0.15) is 0 Å². The average Bonchev–Trinajstić information content (AvgIpc) is 2.71. The minimum Gasteiger partial charge on any atom is -0.386 e. The summed E-state index contributed by atoms with van der Waals surface area (Å²) in [6.45, 7) is 10.0. The lowest BCUT2D eigenvalue weighted by Gasteiger charge is -2.20. The highest BCUT2D eigenvalue weighted by Crippen LogP contribution is 2.24. The molecule has 31 heavy (non-hydrogen) atoms. The van der Waals surface area contributed by atoms with Crippen LogP contribution in [-0.2, 0) is 21.9 Å². The van der Waals surface area contributed by atoms with Gasteiger partial charge in [-0.2, -0.15) is 0 Å². The molecule has 2 rings (SSSR count). The molecule has 0 spiro atoms. The number of sulfonamides is 1. The third-order valence-corrected chi connectivity index (χ3v) is 5.82. The summed E-state index contributed by atoms with van der Waals surface area (Å²) in [6, 6.07) is 14.5. The van der Waals surface area contributed by atoms with Gasteiger partial charge in [0.05, 0.1) is 17.5 Å². The number of hydrogen-bond donors (Lipinski definition) is 4. The molecule has 7 nitrogen and oxygen atoms in total. The number of aliphatic imine (C=N–C) groups is 1. The van der Waals surface area contributed by atoms with Crippen LogP contribution >= 0.6 is 0 Å². The van der Waals surface area contributed by atoms with E-state index in [1.54, 1.807) is 12.1 Å². The Morgan fingerprint density at radius 2 is 1.68 bits per heavy atom. The van der Waals surface area contributed by atoms with Crippen molar-refractivity contribution in [2.45, 2.75) is 50.5 Å². The fourth-order valence-corrected chi connectivity index (χ4v) is 3.52. The van der Waals surface area contributed by atoms with E-state index in [1.165, 1.54) is 17.7 Å². The maximum Gasteiger partial charge on any atom is 0.238 e. The smallest absolute Gasteiger partial charge is 0.238 e. The Balaban J connectivity index is 1.92. The summed E-state index contributed by atoms with van der Waals surface area (Å²) < 4.78 is 22.7. The van der Waals surface area contributed by atoms with Crippen LogP contribution < -0.4 is 15.8 Å². The minimum absolute atomic E-state index is 0.0721. The monoisotopic (exact) mass is 446 g/mol. The largest absolute Gasteiger partial charge is 0.386 e. The van der Waals surface area contributed by atoms with Crippen LogP contribution in [0.1, 0.15) is 50.5 Å². The molecule has 0 bridgehead atoms. The number of nitrogens with zero attached hydrogens (tertiary/aromatic N) is 1. The van der Waals surface area contributed by atoms with E-state index in [0.29, 0.717) is 25.5 Å². The second kappa shape index (κ2) is 10.7. The number of aliphatic hydroxyl groups excluding tert-OH is 1. The van der Waals surface area contributed by atoms with Gasteiger partial charge in [-0.3, -0.25) is 4.99 Å². The summed E-state index contributed by atoms with van der Waals surface area (Å²) in [4.78, 5) is 4.59. The number of hydrogen-bond acceptors (Lipinski definition) is 4. The number of nitrogens with two attached hydrogens (primary N) is 1. The number of aliphatic hydroxyl groups is 1. The van der Waals surface area contributed by atoms with Gasteiger partial charge < -0.3 is 15.7 Å². The van der Waals surface area contributed by atoms with Crippen LogP contribution in [0.3, 0.4) is 0 Å². The molecule has 0 heterocycles. The van der Waals surface area contributed by atoms with Crippen molar-refractivity contribution in [3.63, 3.8) is 0 Å². The fourth-order valence-electron chi connectivity index (χ4n) is 3.00. The molecule has 0 amide bonds. The van der Waals surface area contributed by atoms with Gasteiger partial charge in [0.25, 0.3) is 0 Å². The fraction of sp³-hybridized carbons (Fsp3) is 0.435. The number of benzene rings is 2. The predicted octanol–water partition coefficient (Wildman–Crippen LogP) is 2.46. The first-order valence-corrected chi connectivity index (χ1v) is 12.0. The van der Waals surface area contributed by atoms with Crippen molar-refractivity contribution in [1.29, 1.82) is 0 Å². The van der Waals surface area contributed by atoms with Crippen LogP contribution in [0, 0.1) is 0 Å². The van der Waals surface area contributed by atoms with E-state index in [4.69, 9.17) is 5.14 Å². The van der Waals surface area contributed by atoms with E-state index in [-0.39, 0.29) is 16.9 Å². The Hall–Kier alpha value is -2.42. The second-order valence-electron chi connectivity index (χ2n) is 8.47. The molecule has 0 aliphatic rings. The molecule has 8 heteroatoms. The van der Waals surface area contributed by atoms with E-state index in [9.17, 15) is 13.5 Å². The molecular formula is C23H34N4O3S. The van der Waals surface area contributed by atoms with Gasteiger partial charge in [0, 0.05) is 13.1 Å². The number of nitrogens with one attached hydrogen (secondary N) is 2. The highest BCUT2D eigenvalue weighted by atomic mass is 32.2.